The number of rotatable bonds is 4. The first-order chi connectivity index (χ1) is 11.1. The number of hydrogen-bond acceptors (Lipinski definition) is 4. The molecule has 2 aromatic carbocycles. The Morgan fingerprint density at radius 1 is 1.13 bits per heavy atom. The molecular formula is C16H14N4O3. The summed E-state index contributed by atoms with van der Waals surface area (Å²) < 4.78 is 0. The summed E-state index contributed by atoms with van der Waals surface area (Å²) in [6, 6.07) is 15.5. The maximum absolute atomic E-state index is 12.1. The Balaban J connectivity index is 1.71. The van der Waals surface area contributed by atoms with Crippen molar-refractivity contribution in [3.05, 3.63) is 70.3 Å². The molecule has 0 radical (unpaired) electrons. The predicted octanol–water partition coefficient (Wildman–Crippen LogP) is 2.43. The molecule has 1 saturated heterocycles. The van der Waals surface area contributed by atoms with E-state index in [9.17, 15) is 14.9 Å². The number of carbonyl (C=O) groups is 1. The number of benzene rings is 2. The Kier molecular flexibility index (Phi) is 4.01. The van der Waals surface area contributed by atoms with Gasteiger partial charge in [0.2, 0.25) is 0 Å². The van der Waals surface area contributed by atoms with Gasteiger partial charge in [-0.15, -0.1) is 0 Å². The van der Waals surface area contributed by atoms with E-state index in [1.165, 1.54) is 29.3 Å². The average Bonchev–Trinajstić information content (AvgIpc) is 2.95. The quantitative estimate of drug-likeness (QED) is 0.694. The van der Waals surface area contributed by atoms with Crippen molar-refractivity contribution in [2.75, 3.05) is 5.01 Å². The van der Waals surface area contributed by atoms with E-state index in [-0.39, 0.29) is 18.0 Å². The number of aliphatic imine (C=N–C) groups is 1. The molecule has 0 aromatic heterocycles. The van der Waals surface area contributed by atoms with Gasteiger partial charge < -0.3 is 0 Å². The fraction of sp³-hybridized carbons (Fsp3) is 0.125. The van der Waals surface area contributed by atoms with Gasteiger partial charge in [-0.2, -0.15) is 0 Å². The SMILES string of the molecule is O=C1CC(=NCc2ccccc2)NN1c1ccc([N+](=O)[O-])cc1. The fourth-order valence-electron chi connectivity index (χ4n) is 2.25. The van der Waals surface area contributed by atoms with Crippen LogP contribution in [0.4, 0.5) is 11.4 Å². The molecule has 7 heteroatoms. The lowest BCUT2D eigenvalue weighted by molar-refractivity contribution is -0.384. The summed E-state index contributed by atoms with van der Waals surface area (Å²) in [6.45, 7) is 0.491. The first-order valence-corrected chi connectivity index (χ1v) is 7.05. The van der Waals surface area contributed by atoms with Crippen molar-refractivity contribution in [2.24, 2.45) is 4.99 Å². The molecule has 1 fully saturated rings. The lowest BCUT2D eigenvalue weighted by Crippen LogP contribution is -2.35. The Labute approximate surface area is 132 Å². The highest BCUT2D eigenvalue weighted by Crippen LogP contribution is 2.21. The van der Waals surface area contributed by atoms with E-state index in [1.54, 1.807) is 0 Å². The lowest BCUT2D eigenvalue weighted by Gasteiger charge is -2.15. The van der Waals surface area contributed by atoms with E-state index in [4.69, 9.17) is 0 Å². The van der Waals surface area contributed by atoms with E-state index in [0.717, 1.165) is 5.56 Å². The predicted molar refractivity (Wildman–Crippen MR) is 85.9 cm³/mol. The highest BCUT2D eigenvalue weighted by Gasteiger charge is 2.26. The number of amides is 1. The van der Waals surface area contributed by atoms with Crippen LogP contribution in [0.25, 0.3) is 0 Å². The Morgan fingerprint density at radius 3 is 2.48 bits per heavy atom. The number of carbonyl (C=O) groups excluding carboxylic acids is 1. The number of nitrogens with one attached hydrogen (secondary N) is 1. The Hall–Kier alpha value is -3.22. The zero-order valence-corrected chi connectivity index (χ0v) is 12.2. The van der Waals surface area contributed by atoms with E-state index in [0.29, 0.717) is 18.1 Å². The van der Waals surface area contributed by atoms with Crippen LogP contribution in [-0.2, 0) is 11.3 Å². The molecule has 7 nitrogen and oxygen atoms in total. The monoisotopic (exact) mass is 310 g/mol. The number of hydrazine groups is 1. The maximum atomic E-state index is 12.1. The Morgan fingerprint density at radius 2 is 1.83 bits per heavy atom. The first-order valence-electron chi connectivity index (χ1n) is 7.05. The molecule has 0 saturated carbocycles. The van der Waals surface area contributed by atoms with E-state index >= 15 is 0 Å². The van der Waals surface area contributed by atoms with Crippen LogP contribution in [-0.4, -0.2) is 16.7 Å². The lowest BCUT2D eigenvalue weighted by atomic mass is 10.2. The van der Waals surface area contributed by atoms with E-state index in [1.807, 2.05) is 30.3 Å². The standard InChI is InChI=1S/C16H14N4O3/c21-16-10-15(17-11-12-4-2-1-3-5-12)18-19(16)13-6-8-14(9-7-13)20(22)23/h1-9H,10-11H2,(H,17,18). The number of nitrogens with zero attached hydrogens (tertiary/aromatic N) is 3. The van der Waals surface area contributed by atoms with Crippen LogP contribution in [0.5, 0.6) is 0 Å². The fourth-order valence-corrected chi connectivity index (χ4v) is 2.25. The first kappa shape index (κ1) is 14.7. The minimum absolute atomic E-state index is 0.0154. The second-order valence-electron chi connectivity index (χ2n) is 5.04. The average molecular weight is 310 g/mol. The van der Waals surface area contributed by atoms with Gasteiger partial charge in [-0.3, -0.25) is 25.3 Å². The van der Waals surface area contributed by atoms with Gasteiger partial charge in [-0.05, 0) is 17.7 Å². The number of anilines is 1. The zero-order chi connectivity index (χ0) is 16.2. The van der Waals surface area contributed by atoms with Gasteiger partial charge in [0.05, 0.1) is 23.6 Å². The van der Waals surface area contributed by atoms with Gasteiger partial charge in [-0.25, -0.2) is 5.01 Å². The molecule has 0 bridgehead atoms. The maximum Gasteiger partial charge on any atom is 0.269 e. The summed E-state index contributed by atoms with van der Waals surface area (Å²) in [5.74, 6) is 0.433. The van der Waals surface area contributed by atoms with Crippen molar-refractivity contribution < 1.29 is 9.72 Å². The third-order valence-corrected chi connectivity index (χ3v) is 3.42. The second-order valence-corrected chi connectivity index (χ2v) is 5.04. The molecule has 1 heterocycles. The largest absolute Gasteiger partial charge is 0.278 e. The summed E-state index contributed by atoms with van der Waals surface area (Å²) in [4.78, 5) is 26.6. The molecule has 116 valence electrons. The van der Waals surface area contributed by atoms with Crippen molar-refractivity contribution in [3.8, 4) is 0 Å². The topological polar surface area (TPSA) is 87.8 Å². The smallest absolute Gasteiger partial charge is 0.269 e. The van der Waals surface area contributed by atoms with Crippen LogP contribution >= 0.6 is 0 Å². The van der Waals surface area contributed by atoms with Crippen molar-refractivity contribution in [2.45, 2.75) is 13.0 Å². The van der Waals surface area contributed by atoms with Gasteiger partial charge in [-0.1, -0.05) is 30.3 Å². The molecule has 3 rings (SSSR count). The van der Waals surface area contributed by atoms with Gasteiger partial charge in [0, 0.05) is 12.1 Å². The van der Waals surface area contributed by atoms with Crippen molar-refractivity contribution >= 4 is 23.1 Å². The summed E-state index contributed by atoms with van der Waals surface area (Å²) in [5, 5.41) is 12.0. The molecule has 2 aromatic rings. The van der Waals surface area contributed by atoms with Crippen LogP contribution < -0.4 is 10.4 Å². The van der Waals surface area contributed by atoms with Crippen molar-refractivity contribution in [1.29, 1.82) is 0 Å². The van der Waals surface area contributed by atoms with E-state index in [2.05, 4.69) is 10.4 Å². The number of nitro benzene ring substituents is 1. The molecule has 1 N–H and O–H groups in total. The van der Waals surface area contributed by atoms with Gasteiger partial charge in [0.15, 0.2) is 0 Å². The molecule has 0 unspecified atom stereocenters. The van der Waals surface area contributed by atoms with Crippen LogP contribution in [0, 0.1) is 10.1 Å². The summed E-state index contributed by atoms with van der Waals surface area (Å²) in [6.07, 6.45) is 0.184. The summed E-state index contributed by atoms with van der Waals surface area (Å²) >= 11 is 0. The molecule has 1 amide bonds. The zero-order valence-electron chi connectivity index (χ0n) is 12.2. The minimum atomic E-state index is -0.476. The molecule has 1 aliphatic rings. The number of hydrogen-bond donors (Lipinski definition) is 1. The number of nitro groups is 1. The van der Waals surface area contributed by atoms with Gasteiger partial charge in [0.1, 0.15) is 5.84 Å². The molecular weight excluding hydrogens is 296 g/mol. The molecule has 0 aliphatic carbocycles. The molecule has 0 spiro atoms. The van der Waals surface area contributed by atoms with Gasteiger partial charge in [0.25, 0.3) is 11.6 Å². The molecule has 0 atom stereocenters. The van der Waals surface area contributed by atoms with Crippen LogP contribution in [0.15, 0.2) is 59.6 Å². The highest BCUT2D eigenvalue weighted by molar-refractivity contribution is 6.13. The summed E-state index contributed by atoms with van der Waals surface area (Å²) in [5.41, 5.74) is 4.53. The third kappa shape index (κ3) is 3.34. The second kappa shape index (κ2) is 6.27. The van der Waals surface area contributed by atoms with Crippen LogP contribution in [0.1, 0.15) is 12.0 Å². The van der Waals surface area contributed by atoms with Crippen molar-refractivity contribution in [1.82, 2.24) is 5.43 Å². The van der Waals surface area contributed by atoms with Crippen LogP contribution in [0.3, 0.4) is 0 Å². The van der Waals surface area contributed by atoms with E-state index < -0.39 is 4.92 Å². The van der Waals surface area contributed by atoms with Crippen molar-refractivity contribution in [3.63, 3.8) is 0 Å². The third-order valence-electron chi connectivity index (χ3n) is 3.42. The summed E-state index contributed by atoms with van der Waals surface area (Å²) in [7, 11) is 0. The normalized spacial score (nSPS) is 15.7. The molecule has 1 aliphatic heterocycles. The number of non-ortho nitro benzene ring substituents is 1. The van der Waals surface area contributed by atoms with Gasteiger partial charge >= 0.3 is 0 Å². The molecule has 23 heavy (non-hydrogen) atoms. The highest BCUT2D eigenvalue weighted by atomic mass is 16.6. The minimum Gasteiger partial charge on any atom is -0.278 e. The van der Waals surface area contributed by atoms with Crippen LogP contribution in [0.2, 0.25) is 0 Å². The number of amidine groups is 1. The Bertz CT molecular complexity index is 757.